The van der Waals surface area contributed by atoms with Gasteiger partial charge in [-0.05, 0) is 77.6 Å². The van der Waals surface area contributed by atoms with Crippen molar-refractivity contribution in [3.63, 3.8) is 0 Å². The molecule has 14 nitrogen and oxygen atoms in total. The molecule has 16 heteroatoms. The van der Waals surface area contributed by atoms with E-state index in [-0.39, 0.29) is 5.69 Å². The predicted octanol–water partition coefficient (Wildman–Crippen LogP) is 5.98. The molecule has 0 amide bonds. The molecule has 230 valence electrons. The number of halogens is 2. The number of rotatable bonds is 4. The van der Waals surface area contributed by atoms with Crippen molar-refractivity contribution in [2.24, 2.45) is 5.10 Å². The fraction of sp³-hybridized carbons (Fsp3) is 0.333. The van der Waals surface area contributed by atoms with Crippen LogP contribution in [-0.2, 0) is 4.74 Å². The highest BCUT2D eigenvalue weighted by molar-refractivity contribution is 9.11. The van der Waals surface area contributed by atoms with Gasteiger partial charge < -0.3 is 19.7 Å². The lowest BCUT2D eigenvalue weighted by Gasteiger charge is -2.03. The molecular formula is C27H32Br2N8O6. The average molecular weight is 724 g/mol. The normalized spacial score (nSPS) is 12.0. The Bertz CT molecular complexity index is 1590. The standard InChI is InChI=1S/C9H12N4O2.C8H7BrN2.C6H5BrN2O3.C4H8O/c1-7-9(13(14)15)8(4-5-10-7)6-11-12(2)3;1-5-8-6(2-3-10-8)7(9)4-11-5;1-3-4(7)2-8-6(10)5(3)9(11)12;1-2-4-5-3-1/h4-6H,1-3H3;2-4,10H,1H3;2H,1H3,(H,8,10);1-4H2/b11-6+;;;. The molecule has 1 aliphatic heterocycles. The van der Waals surface area contributed by atoms with Crippen LogP contribution in [0.5, 0.6) is 0 Å². The molecule has 1 aliphatic rings. The lowest BCUT2D eigenvalue weighted by Crippen LogP contribution is -2.12. The molecule has 4 aromatic heterocycles. The van der Waals surface area contributed by atoms with E-state index in [1.807, 2.05) is 25.4 Å². The molecule has 2 N–H and O–H groups in total. The molecule has 1 saturated heterocycles. The van der Waals surface area contributed by atoms with Crippen LogP contribution in [0.3, 0.4) is 0 Å². The smallest absolute Gasteiger partial charge is 0.337 e. The molecule has 0 spiro atoms. The molecule has 0 aliphatic carbocycles. The number of H-pyrrole nitrogens is 2. The van der Waals surface area contributed by atoms with Crippen molar-refractivity contribution in [2.45, 2.75) is 33.6 Å². The van der Waals surface area contributed by atoms with Crippen LogP contribution in [0.2, 0.25) is 0 Å². The summed E-state index contributed by atoms with van der Waals surface area (Å²) in [6, 6.07) is 3.60. The molecule has 0 atom stereocenters. The molecule has 0 unspecified atom stereocenters. The minimum Gasteiger partial charge on any atom is -0.381 e. The van der Waals surface area contributed by atoms with Gasteiger partial charge in [-0.3, -0.25) is 35.0 Å². The van der Waals surface area contributed by atoms with Crippen molar-refractivity contribution in [2.75, 3.05) is 27.3 Å². The topological polar surface area (TPSA) is 186 Å². The van der Waals surface area contributed by atoms with Gasteiger partial charge in [-0.2, -0.15) is 5.10 Å². The number of aromatic nitrogens is 4. The first-order valence-electron chi connectivity index (χ1n) is 12.8. The van der Waals surface area contributed by atoms with Crippen LogP contribution in [0.1, 0.15) is 35.4 Å². The van der Waals surface area contributed by atoms with Crippen LogP contribution >= 0.6 is 31.9 Å². The number of hydrogen-bond acceptors (Lipinski definition) is 10. The quantitative estimate of drug-likeness (QED) is 0.145. The largest absolute Gasteiger partial charge is 0.381 e. The van der Waals surface area contributed by atoms with Gasteiger partial charge in [0.1, 0.15) is 5.69 Å². The van der Waals surface area contributed by atoms with E-state index in [0.29, 0.717) is 21.3 Å². The second-order valence-corrected chi connectivity index (χ2v) is 10.9. The highest BCUT2D eigenvalue weighted by Gasteiger charge is 2.18. The number of pyridine rings is 3. The van der Waals surface area contributed by atoms with Gasteiger partial charge in [0.2, 0.25) is 0 Å². The maximum Gasteiger partial charge on any atom is 0.337 e. The Balaban J connectivity index is 0.000000210. The highest BCUT2D eigenvalue weighted by Crippen LogP contribution is 2.23. The van der Waals surface area contributed by atoms with Gasteiger partial charge >= 0.3 is 11.2 Å². The van der Waals surface area contributed by atoms with Crippen molar-refractivity contribution >= 4 is 60.4 Å². The average Bonchev–Trinajstić information content (AvgIpc) is 3.69. The molecule has 0 saturated carbocycles. The second-order valence-electron chi connectivity index (χ2n) is 9.16. The zero-order valence-electron chi connectivity index (χ0n) is 24.3. The number of nitrogens with zero attached hydrogens (tertiary/aromatic N) is 6. The van der Waals surface area contributed by atoms with Crippen LogP contribution in [-0.4, -0.2) is 68.3 Å². The lowest BCUT2D eigenvalue weighted by atomic mass is 10.2. The van der Waals surface area contributed by atoms with Gasteiger partial charge in [-0.15, -0.1) is 0 Å². The first-order valence-corrected chi connectivity index (χ1v) is 14.4. The van der Waals surface area contributed by atoms with Crippen LogP contribution in [0.4, 0.5) is 11.4 Å². The van der Waals surface area contributed by atoms with Crippen LogP contribution in [0.25, 0.3) is 10.9 Å². The minimum absolute atomic E-state index is 0.00287. The Morgan fingerprint density at radius 2 is 1.63 bits per heavy atom. The van der Waals surface area contributed by atoms with E-state index in [4.69, 9.17) is 4.74 Å². The summed E-state index contributed by atoms with van der Waals surface area (Å²) >= 11 is 6.50. The first kappa shape index (κ1) is 35.2. The molecule has 5 rings (SSSR count). The number of aryl methyl sites for hydroxylation is 2. The molecular weight excluding hydrogens is 692 g/mol. The minimum atomic E-state index is -0.696. The summed E-state index contributed by atoms with van der Waals surface area (Å²) in [6.45, 7) is 7.11. The Morgan fingerprint density at radius 3 is 2.14 bits per heavy atom. The predicted molar refractivity (Wildman–Crippen MR) is 172 cm³/mol. The summed E-state index contributed by atoms with van der Waals surface area (Å²) in [5.41, 5.74) is 2.24. The lowest BCUT2D eigenvalue weighted by molar-refractivity contribution is -0.387. The first-order chi connectivity index (χ1) is 20.3. The van der Waals surface area contributed by atoms with E-state index in [1.165, 1.54) is 43.8 Å². The third-order valence-electron chi connectivity index (χ3n) is 5.75. The number of aromatic amines is 2. The van der Waals surface area contributed by atoms with Crippen molar-refractivity contribution in [3.05, 3.63) is 99.0 Å². The van der Waals surface area contributed by atoms with E-state index in [1.54, 1.807) is 32.1 Å². The molecule has 0 bridgehead atoms. The van der Waals surface area contributed by atoms with Gasteiger partial charge in [-0.25, -0.2) is 0 Å². The molecule has 5 heterocycles. The maximum absolute atomic E-state index is 10.9. The zero-order valence-corrected chi connectivity index (χ0v) is 27.4. The molecule has 0 aromatic carbocycles. The molecule has 4 aromatic rings. The van der Waals surface area contributed by atoms with Gasteiger partial charge in [0.15, 0.2) is 0 Å². The van der Waals surface area contributed by atoms with E-state index in [2.05, 4.69) is 56.9 Å². The Morgan fingerprint density at radius 1 is 0.977 bits per heavy atom. The fourth-order valence-electron chi connectivity index (χ4n) is 3.57. The van der Waals surface area contributed by atoms with Crippen molar-refractivity contribution in [1.29, 1.82) is 0 Å². The Kier molecular flexibility index (Phi) is 14.1. The number of hydrogen-bond donors (Lipinski definition) is 2. The van der Waals surface area contributed by atoms with E-state index in [9.17, 15) is 25.0 Å². The molecule has 1 fully saturated rings. The van der Waals surface area contributed by atoms with E-state index < -0.39 is 21.1 Å². The SMILES string of the molecule is C1CCOC1.Cc1c(Br)c[nH]c(=O)c1[N+](=O)[O-].Cc1ncc(Br)c2cc[nH]c12.Cc1nccc(/C=N/N(C)C)c1[N+](=O)[O-]. The summed E-state index contributed by atoms with van der Waals surface area (Å²) in [4.78, 5) is 44.4. The zero-order chi connectivity index (χ0) is 32.1. The number of ether oxygens (including phenoxy) is 1. The number of fused-ring (bicyclic) bond motifs is 1. The third-order valence-corrected chi connectivity index (χ3v) is 7.21. The van der Waals surface area contributed by atoms with E-state index >= 15 is 0 Å². The van der Waals surface area contributed by atoms with Crippen molar-refractivity contribution < 1.29 is 14.6 Å². The number of nitro groups is 2. The highest BCUT2D eigenvalue weighted by atomic mass is 79.9. The Labute approximate surface area is 264 Å². The molecule has 0 radical (unpaired) electrons. The monoisotopic (exact) mass is 722 g/mol. The summed E-state index contributed by atoms with van der Waals surface area (Å²) in [7, 11) is 3.49. The van der Waals surface area contributed by atoms with Crippen LogP contribution < -0.4 is 5.56 Å². The van der Waals surface area contributed by atoms with Gasteiger partial charge in [-0.1, -0.05) is 0 Å². The number of hydrazone groups is 1. The summed E-state index contributed by atoms with van der Waals surface area (Å²) < 4.78 is 6.51. The fourth-order valence-corrected chi connectivity index (χ4v) is 4.31. The second kappa shape index (κ2) is 17.2. The van der Waals surface area contributed by atoms with Gasteiger partial charge in [0.25, 0.3) is 5.69 Å². The third kappa shape index (κ3) is 10.6. The Hall–Kier alpha value is -4.02. The number of nitrogens with one attached hydrogen (secondary N) is 2. The summed E-state index contributed by atoms with van der Waals surface area (Å²) in [5.74, 6) is 0. The van der Waals surface area contributed by atoms with Crippen LogP contribution in [0.15, 0.2) is 55.8 Å². The van der Waals surface area contributed by atoms with Crippen molar-refractivity contribution in [3.8, 4) is 0 Å². The van der Waals surface area contributed by atoms with Gasteiger partial charge in [0.05, 0.1) is 32.8 Å². The summed E-state index contributed by atoms with van der Waals surface area (Å²) in [5, 5.41) is 27.9. The van der Waals surface area contributed by atoms with Crippen LogP contribution in [0, 0.1) is 41.0 Å². The van der Waals surface area contributed by atoms with Gasteiger partial charge in [0, 0.05) is 72.0 Å². The van der Waals surface area contributed by atoms with Crippen molar-refractivity contribution in [1.82, 2.24) is 24.9 Å². The summed E-state index contributed by atoms with van der Waals surface area (Å²) in [6.07, 6.45) is 10.7. The molecule has 43 heavy (non-hydrogen) atoms. The van der Waals surface area contributed by atoms with E-state index in [0.717, 1.165) is 28.9 Å². The maximum atomic E-state index is 10.9.